The molecule has 1 saturated heterocycles. The van der Waals surface area contributed by atoms with Gasteiger partial charge in [-0.05, 0) is 30.3 Å². The summed E-state index contributed by atoms with van der Waals surface area (Å²) in [6, 6.07) is 0. The molecule has 1 rings (SSSR count). The van der Waals surface area contributed by atoms with E-state index < -0.39 is 0 Å². The molecule has 1 fully saturated rings. The fraction of sp³-hybridized carbons (Fsp3) is 1.00. The Kier molecular flexibility index (Phi) is 27.5. The van der Waals surface area contributed by atoms with Crippen LogP contribution >= 0.6 is 11.8 Å². The first kappa shape index (κ1) is 33.3. The average molecular weight is 511 g/mol. The second kappa shape index (κ2) is 28.9. The van der Waals surface area contributed by atoms with Crippen molar-refractivity contribution in [2.45, 2.75) is 180 Å². The molecule has 1 aliphatic heterocycles. The van der Waals surface area contributed by atoms with Gasteiger partial charge >= 0.3 is 0 Å². The van der Waals surface area contributed by atoms with E-state index in [4.69, 9.17) is 4.74 Å². The van der Waals surface area contributed by atoms with E-state index >= 15 is 0 Å². The van der Waals surface area contributed by atoms with Crippen LogP contribution in [0.25, 0.3) is 0 Å². The normalized spacial score (nSPS) is 15.9. The van der Waals surface area contributed by atoms with E-state index in [2.05, 4.69) is 18.7 Å². The molecule has 0 spiro atoms. The second-order valence-corrected chi connectivity index (χ2v) is 12.8. The highest BCUT2D eigenvalue weighted by molar-refractivity contribution is 7.99. The van der Waals surface area contributed by atoms with Crippen molar-refractivity contribution in [2.24, 2.45) is 5.92 Å². The van der Waals surface area contributed by atoms with Crippen LogP contribution in [0.4, 0.5) is 0 Å². The SMILES string of the molecule is CCCCCCCCCCCCCCCCCCCCCCCCCCCCOCC1CCSC1. The molecule has 210 valence electrons. The molecule has 0 bridgehead atoms. The molecule has 0 radical (unpaired) electrons. The van der Waals surface area contributed by atoms with Crippen LogP contribution in [0.3, 0.4) is 0 Å². The quantitative estimate of drug-likeness (QED) is 0.0925. The van der Waals surface area contributed by atoms with Gasteiger partial charge in [-0.15, -0.1) is 0 Å². The van der Waals surface area contributed by atoms with Gasteiger partial charge in [-0.2, -0.15) is 11.8 Å². The van der Waals surface area contributed by atoms with Crippen LogP contribution in [0.2, 0.25) is 0 Å². The summed E-state index contributed by atoms with van der Waals surface area (Å²) in [6.07, 6.45) is 39.3. The zero-order valence-electron chi connectivity index (χ0n) is 24.3. The third kappa shape index (κ3) is 25.7. The van der Waals surface area contributed by atoms with E-state index in [1.807, 2.05) is 0 Å². The van der Waals surface area contributed by atoms with Crippen molar-refractivity contribution >= 4 is 11.8 Å². The Morgan fingerprint density at radius 3 is 1.14 bits per heavy atom. The van der Waals surface area contributed by atoms with Gasteiger partial charge in [0.25, 0.3) is 0 Å². The molecule has 0 saturated carbocycles. The summed E-state index contributed by atoms with van der Waals surface area (Å²) >= 11 is 2.10. The number of hydrogen-bond donors (Lipinski definition) is 0. The van der Waals surface area contributed by atoms with E-state index in [9.17, 15) is 0 Å². The molecule has 0 aromatic rings. The minimum absolute atomic E-state index is 0.851. The highest BCUT2D eigenvalue weighted by Crippen LogP contribution is 2.23. The molecule has 0 aromatic heterocycles. The van der Waals surface area contributed by atoms with Gasteiger partial charge in [0.15, 0.2) is 0 Å². The topological polar surface area (TPSA) is 9.23 Å². The Morgan fingerprint density at radius 2 is 0.829 bits per heavy atom. The van der Waals surface area contributed by atoms with Crippen molar-refractivity contribution in [1.82, 2.24) is 0 Å². The van der Waals surface area contributed by atoms with Gasteiger partial charge in [0.1, 0.15) is 0 Å². The summed E-state index contributed by atoms with van der Waals surface area (Å²) in [5.74, 6) is 3.54. The van der Waals surface area contributed by atoms with Crippen LogP contribution in [0.5, 0.6) is 0 Å². The second-order valence-electron chi connectivity index (χ2n) is 11.6. The molecule has 2 heteroatoms. The zero-order valence-corrected chi connectivity index (χ0v) is 25.1. The maximum absolute atomic E-state index is 5.86. The highest BCUT2D eigenvalue weighted by Gasteiger charge is 2.14. The van der Waals surface area contributed by atoms with Crippen molar-refractivity contribution < 1.29 is 4.74 Å². The molecule has 0 amide bonds. The van der Waals surface area contributed by atoms with Crippen LogP contribution in [-0.4, -0.2) is 24.7 Å². The van der Waals surface area contributed by atoms with Gasteiger partial charge in [0, 0.05) is 6.61 Å². The summed E-state index contributed by atoms with van der Waals surface area (Å²) in [5, 5.41) is 0. The summed E-state index contributed by atoms with van der Waals surface area (Å²) in [7, 11) is 0. The number of unbranched alkanes of at least 4 members (excludes halogenated alkanes) is 25. The van der Waals surface area contributed by atoms with E-state index in [1.54, 1.807) is 0 Å². The van der Waals surface area contributed by atoms with Gasteiger partial charge in [-0.3, -0.25) is 0 Å². The lowest BCUT2D eigenvalue weighted by atomic mass is 10.0. The van der Waals surface area contributed by atoms with Crippen molar-refractivity contribution in [2.75, 3.05) is 24.7 Å². The number of thioether (sulfide) groups is 1. The van der Waals surface area contributed by atoms with E-state index in [1.165, 1.54) is 185 Å². The van der Waals surface area contributed by atoms with Gasteiger partial charge in [0.2, 0.25) is 0 Å². The maximum atomic E-state index is 5.86. The zero-order chi connectivity index (χ0) is 24.9. The first-order valence-electron chi connectivity index (χ1n) is 16.6. The Bertz CT molecular complexity index is 379. The molecule has 1 aliphatic rings. The third-order valence-corrected chi connectivity index (χ3v) is 9.25. The van der Waals surface area contributed by atoms with E-state index in [0.717, 1.165) is 19.1 Å². The Hall–Kier alpha value is 0.310. The molecule has 1 heterocycles. The molecular weight excluding hydrogens is 444 g/mol. The summed E-state index contributed by atoms with van der Waals surface area (Å²) < 4.78 is 5.86. The Labute approximate surface area is 227 Å². The van der Waals surface area contributed by atoms with Crippen molar-refractivity contribution in [1.29, 1.82) is 0 Å². The average Bonchev–Trinajstić information content (AvgIpc) is 3.39. The first-order chi connectivity index (χ1) is 17.4. The third-order valence-electron chi connectivity index (χ3n) is 8.02. The predicted octanol–water partition coefficient (Wildman–Crippen LogP) is 11.9. The molecule has 1 nitrogen and oxygen atoms in total. The lowest BCUT2D eigenvalue weighted by molar-refractivity contribution is 0.103. The lowest BCUT2D eigenvalue weighted by Crippen LogP contribution is -2.09. The van der Waals surface area contributed by atoms with Crippen molar-refractivity contribution in [3.63, 3.8) is 0 Å². The molecule has 1 unspecified atom stereocenters. The molecule has 0 N–H and O–H groups in total. The monoisotopic (exact) mass is 510 g/mol. The van der Waals surface area contributed by atoms with Crippen LogP contribution < -0.4 is 0 Å². The predicted molar refractivity (Wildman–Crippen MR) is 162 cm³/mol. The fourth-order valence-corrected chi connectivity index (χ4v) is 6.75. The van der Waals surface area contributed by atoms with E-state index in [0.29, 0.717) is 0 Å². The number of ether oxygens (including phenoxy) is 1. The van der Waals surface area contributed by atoms with Gasteiger partial charge in [-0.1, -0.05) is 167 Å². The van der Waals surface area contributed by atoms with Gasteiger partial charge in [-0.25, -0.2) is 0 Å². The Balaban J connectivity index is 1.60. The molecule has 0 aromatic carbocycles. The first-order valence-corrected chi connectivity index (χ1v) is 17.7. The lowest BCUT2D eigenvalue weighted by Gasteiger charge is -2.09. The number of hydrogen-bond acceptors (Lipinski definition) is 2. The standard InChI is InChI=1S/C33H66OS/c1-2-3-4-5-6-7-8-9-10-11-12-13-14-15-16-17-18-19-20-21-22-23-24-25-26-27-29-34-31-33-28-30-35-32-33/h33H,2-32H2,1H3. The molecule has 0 aliphatic carbocycles. The Morgan fingerprint density at radius 1 is 0.486 bits per heavy atom. The summed E-state index contributed by atoms with van der Waals surface area (Å²) in [5.41, 5.74) is 0. The van der Waals surface area contributed by atoms with Gasteiger partial charge in [0.05, 0.1) is 6.61 Å². The van der Waals surface area contributed by atoms with Crippen LogP contribution in [-0.2, 0) is 4.74 Å². The highest BCUT2D eigenvalue weighted by atomic mass is 32.2. The largest absolute Gasteiger partial charge is 0.381 e. The van der Waals surface area contributed by atoms with Crippen molar-refractivity contribution in [3.8, 4) is 0 Å². The minimum Gasteiger partial charge on any atom is -0.381 e. The minimum atomic E-state index is 0.851. The smallest absolute Gasteiger partial charge is 0.0502 e. The molecule has 35 heavy (non-hydrogen) atoms. The van der Waals surface area contributed by atoms with Crippen molar-refractivity contribution in [3.05, 3.63) is 0 Å². The molecular formula is C33H66OS. The summed E-state index contributed by atoms with van der Waals surface area (Å²) in [6.45, 7) is 4.33. The van der Waals surface area contributed by atoms with E-state index in [-0.39, 0.29) is 0 Å². The number of rotatable bonds is 29. The maximum Gasteiger partial charge on any atom is 0.0502 e. The van der Waals surface area contributed by atoms with Crippen LogP contribution in [0, 0.1) is 5.92 Å². The summed E-state index contributed by atoms with van der Waals surface area (Å²) in [4.78, 5) is 0. The van der Waals surface area contributed by atoms with Crippen LogP contribution in [0.1, 0.15) is 180 Å². The molecule has 1 atom stereocenters. The van der Waals surface area contributed by atoms with Gasteiger partial charge < -0.3 is 4.74 Å². The van der Waals surface area contributed by atoms with Crippen LogP contribution in [0.15, 0.2) is 0 Å². The fourth-order valence-electron chi connectivity index (χ4n) is 5.48.